The van der Waals surface area contributed by atoms with Crippen molar-refractivity contribution in [2.75, 3.05) is 73.8 Å². The second-order valence-electron chi connectivity index (χ2n) is 15.1. The molecule has 304 valence electrons. The Labute approximate surface area is 347 Å². The van der Waals surface area contributed by atoms with Crippen LogP contribution in [0.15, 0.2) is 97.3 Å². The van der Waals surface area contributed by atoms with Crippen molar-refractivity contribution in [1.29, 1.82) is 0 Å². The molecule has 0 aliphatic carbocycles. The third kappa shape index (κ3) is 9.62. The summed E-state index contributed by atoms with van der Waals surface area (Å²) >= 11 is 6.20. The van der Waals surface area contributed by atoms with Crippen LogP contribution in [0.5, 0.6) is 11.5 Å². The highest BCUT2D eigenvalue weighted by Gasteiger charge is 2.39. The zero-order chi connectivity index (χ0) is 40.9. The van der Waals surface area contributed by atoms with Crippen LogP contribution < -0.4 is 35.2 Å². The molecule has 2 aliphatic heterocycles. The summed E-state index contributed by atoms with van der Waals surface area (Å²) in [5, 5.41) is 11.2. The average molecular weight is 815 g/mol. The van der Waals surface area contributed by atoms with Gasteiger partial charge >= 0.3 is 0 Å². The van der Waals surface area contributed by atoms with Gasteiger partial charge in [-0.2, -0.15) is 0 Å². The second-order valence-corrected chi connectivity index (χ2v) is 15.6. The molecule has 14 nitrogen and oxygen atoms in total. The largest absolute Gasteiger partial charge is 0.476 e. The molecular formula is C44H47ClN10O4. The number of piperidine rings is 1. The third-order valence-electron chi connectivity index (χ3n) is 10.7. The minimum atomic E-state index is -1.47. The number of aryl methyl sites for hydroxylation is 1. The van der Waals surface area contributed by atoms with Gasteiger partial charge in [-0.05, 0) is 107 Å². The molecule has 2 fully saturated rings. The van der Waals surface area contributed by atoms with Crippen molar-refractivity contribution in [2.45, 2.75) is 38.0 Å². The lowest BCUT2D eigenvalue weighted by Gasteiger charge is -2.35. The number of nitrogens with zero attached hydrogens (tertiary/aromatic N) is 7. The average Bonchev–Trinajstić information content (AvgIpc) is 3.26. The van der Waals surface area contributed by atoms with Gasteiger partial charge in [-0.1, -0.05) is 29.3 Å². The molecule has 2 aromatic heterocycles. The molecule has 4 aromatic carbocycles. The lowest BCUT2D eigenvalue weighted by molar-refractivity contribution is -0.136. The predicted molar refractivity (Wildman–Crippen MR) is 232 cm³/mol. The monoisotopic (exact) mass is 814 g/mol. The number of aromatic nitrogens is 4. The van der Waals surface area contributed by atoms with E-state index in [1.54, 1.807) is 73.1 Å². The van der Waals surface area contributed by atoms with E-state index in [9.17, 15) is 9.59 Å². The molecule has 0 spiro atoms. The highest BCUT2D eigenvalue weighted by Crippen LogP contribution is 2.27. The first-order valence-corrected chi connectivity index (χ1v) is 20.2. The summed E-state index contributed by atoms with van der Waals surface area (Å²) in [6.45, 7) is 7.09. The molecule has 59 heavy (non-hydrogen) atoms. The number of nitrogens with one attached hydrogen (secondary N) is 3. The van der Waals surface area contributed by atoms with Gasteiger partial charge in [-0.3, -0.25) is 9.59 Å². The van der Waals surface area contributed by atoms with Crippen LogP contribution in [0.1, 0.15) is 18.4 Å². The molecule has 2 amide bonds. The number of carbonyl (C=O) groups is 2. The minimum Gasteiger partial charge on any atom is -0.476 e. The Bertz CT molecular complexity index is 2420. The Morgan fingerprint density at radius 3 is 1.68 bits per heavy atom. The van der Waals surface area contributed by atoms with Crippen LogP contribution in [0.3, 0.4) is 0 Å². The van der Waals surface area contributed by atoms with Crippen LogP contribution in [0, 0.1) is 6.92 Å². The summed E-state index contributed by atoms with van der Waals surface area (Å²) in [4.78, 5) is 54.4. The molecule has 2 saturated heterocycles. The Hall–Kier alpha value is -6.09. The van der Waals surface area contributed by atoms with E-state index in [4.69, 9.17) is 31.0 Å². The molecule has 4 heterocycles. The molecule has 15 heteroatoms. The Morgan fingerprint density at radius 2 is 1.19 bits per heavy atom. The van der Waals surface area contributed by atoms with E-state index >= 15 is 0 Å². The fraction of sp³-hybridized carbons (Fsp3) is 0.318. The lowest BCUT2D eigenvalue weighted by Crippen LogP contribution is -2.51. The number of anilines is 4. The van der Waals surface area contributed by atoms with Gasteiger partial charge in [-0.15, -0.1) is 0 Å². The van der Waals surface area contributed by atoms with Crippen molar-refractivity contribution < 1.29 is 19.1 Å². The predicted octanol–water partition coefficient (Wildman–Crippen LogP) is 5.95. The number of halogens is 1. The molecule has 0 radical (unpaired) electrons. The number of hydrogen-bond donors (Lipinski definition) is 3. The van der Waals surface area contributed by atoms with E-state index in [0.29, 0.717) is 45.8 Å². The maximum absolute atomic E-state index is 14.4. The quantitative estimate of drug-likeness (QED) is 0.134. The van der Waals surface area contributed by atoms with Crippen molar-refractivity contribution >= 4 is 68.5 Å². The lowest BCUT2D eigenvalue weighted by atomic mass is 10.0. The normalized spacial score (nSPS) is 15.9. The Morgan fingerprint density at radius 1 is 0.712 bits per heavy atom. The molecule has 8 rings (SSSR count). The van der Waals surface area contributed by atoms with E-state index < -0.39 is 24.0 Å². The zero-order valence-corrected chi connectivity index (χ0v) is 34.0. The highest BCUT2D eigenvalue weighted by atomic mass is 35.5. The van der Waals surface area contributed by atoms with Gasteiger partial charge in [-0.25, -0.2) is 19.9 Å². The maximum atomic E-state index is 14.4. The molecule has 2 unspecified atom stereocenters. The van der Waals surface area contributed by atoms with Crippen LogP contribution in [0.2, 0.25) is 5.02 Å². The molecule has 0 saturated carbocycles. The number of fused-ring (bicyclic) bond motifs is 2. The summed E-state index contributed by atoms with van der Waals surface area (Å²) in [6.07, 6.45) is 2.67. The first-order chi connectivity index (χ1) is 28.6. The fourth-order valence-electron chi connectivity index (χ4n) is 7.31. The van der Waals surface area contributed by atoms with Gasteiger partial charge in [0.1, 0.15) is 11.5 Å². The van der Waals surface area contributed by atoms with Gasteiger partial charge in [0.15, 0.2) is 0 Å². The molecule has 0 bridgehead atoms. The first-order valence-electron chi connectivity index (χ1n) is 19.8. The maximum Gasteiger partial charge on any atom is 0.269 e. The van der Waals surface area contributed by atoms with E-state index in [2.05, 4.69) is 54.7 Å². The standard InChI is InChI=1S/C44H47ClN10O4/c1-28-4-10-35(11-5-28)58-39(41(56)49-33-9-15-38-30(25-33)27-48-44(52-38)55-22-18-46-19-23-55)40(59-36-12-6-31(45)7-13-36)42(57)50-32-8-14-37-29(24-32)26-47-43(51-37)54-20-16-34(17-21-54)53(2)3/h4-15,24-27,34,39-40,46H,16-23H2,1-3H3,(H,49,56)(H,50,57). The molecule has 2 aliphatic rings. The summed E-state index contributed by atoms with van der Waals surface area (Å²) in [7, 11) is 4.23. The molecule has 2 atom stereocenters. The number of rotatable bonds is 12. The topological polar surface area (TPSA) is 150 Å². The fourth-order valence-corrected chi connectivity index (χ4v) is 7.44. The van der Waals surface area contributed by atoms with Crippen LogP contribution in [-0.2, 0) is 9.59 Å². The van der Waals surface area contributed by atoms with Crippen molar-refractivity contribution in [3.8, 4) is 11.5 Å². The number of carbonyl (C=O) groups excluding carboxylic acids is 2. The van der Waals surface area contributed by atoms with Crippen LogP contribution in [0.25, 0.3) is 21.8 Å². The van der Waals surface area contributed by atoms with Gasteiger partial charge in [0, 0.05) is 84.9 Å². The van der Waals surface area contributed by atoms with Crippen molar-refractivity contribution in [2.24, 2.45) is 0 Å². The summed E-state index contributed by atoms with van der Waals surface area (Å²) in [6, 6.07) is 25.2. The number of piperazine rings is 1. The Balaban J connectivity index is 1.06. The van der Waals surface area contributed by atoms with Crippen molar-refractivity contribution in [3.05, 3.63) is 108 Å². The number of benzene rings is 4. The minimum absolute atomic E-state index is 0.317. The third-order valence-corrected chi connectivity index (χ3v) is 11.0. The SMILES string of the molecule is Cc1ccc(OC(C(=O)Nc2ccc3nc(N4CCNCC4)ncc3c2)C(Oc2ccc(Cl)cc2)C(=O)Nc2ccc3nc(N4CCC(N(C)C)CC4)ncc3c2)cc1. The second kappa shape index (κ2) is 17.8. The van der Waals surface area contributed by atoms with Crippen LogP contribution in [-0.4, -0.2) is 108 Å². The van der Waals surface area contributed by atoms with Gasteiger partial charge in [0.25, 0.3) is 11.8 Å². The number of hydrogen-bond acceptors (Lipinski definition) is 12. The van der Waals surface area contributed by atoms with Crippen LogP contribution >= 0.6 is 11.6 Å². The highest BCUT2D eigenvalue weighted by molar-refractivity contribution is 6.30. The van der Waals surface area contributed by atoms with Gasteiger partial charge in [0.05, 0.1) is 11.0 Å². The summed E-state index contributed by atoms with van der Waals surface area (Å²) < 4.78 is 12.7. The van der Waals surface area contributed by atoms with Crippen LogP contribution in [0.4, 0.5) is 23.3 Å². The molecule has 3 N–H and O–H groups in total. The number of ether oxygens (including phenoxy) is 2. The zero-order valence-electron chi connectivity index (χ0n) is 33.3. The Kier molecular flexibility index (Phi) is 12.0. The van der Waals surface area contributed by atoms with Gasteiger partial charge in [0.2, 0.25) is 24.1 Å². The summed E-state index contributed by atoms with van der Waals surface area (Å²) in [5.41, 5.74) is 3.44. The first kappa shape index (κ1) is 39.7. The molecule has 6 aromatic rings. The van der Waals surface area contributed by atoms with Crippen molar-refractivity contribution in [1.82, 2.24) is 30.2 Å². The smallest absolute Gasteiger partial charge is 0.269 e. The number of amides is 2. The van der Waals surface area contributed by atoms with Gasteiger partial charge < -0.3 is 40.1 Å². The van der Waals surface area contributed by atoms with E-state index in [-0.39, 0.29) is 0 Å². The van der Waals surface area contributed by atoms with E-state index in [1.807, 2.05) is 31.2 Å². The van der Waals surface area contributed by atoms with E-state index in [0.717, 1.165) is 79.5 Å². The summed E-state index contributed by atoms with van der Waals surface area (Å²) in [5.74, 6) is 0.827. The molecular weight excluding hydrogens is 768 g/mol. The van der Waals surface area contributed by atoms with Crippen molar-refractivity contribution in [3.63, 3.8) is 0 Å². The van der Waals surface area contributed by atoms with E-state index in [1.165, 1.54) is 0 Å².